The van der Waals surface area contributed by atoms with Crippen LogP contribution < -0.4 is 10.6 Å². The molecule has 3 N–H and O–H groups in total. The molecule has 4 rings (SSSR count). The first-order valence-corrected chi connectivity index (χ1v) is 9.91. The van der Waals surface area contributed by atoms with Crippen molar-refractivity contribution in [3.8, 4) is 0 Å². The molecule has 2 aromatic carbocycles. The number of nitrogens with one attached hydrogen (secondary N) is 2. The summed E-state index contributed by atoms with van der Waals surface area (Å²) in [5, 5.41) is 16.6. The third-order valence-electron chi connectivity index (χ3n) is 5.99. The number of carboxylic acids is 1. The van der Waals surface area contributed by atoms with Gasteiger partial charge in [0, 0.05) is 30.0 Å². The fourth-order valence-electron chi connectivity index (χ4n) is 4.54. The zero-order chi connectivity index (χ0) is 21.7. The molecule has 1 fully saturated rings. The van der Waals surface area contributed by atoms with E-state index in [0.29, 0.717) is 10.6 Å². The summed E-state index contributed by atoms with van der Waals surface area (Å²) in [4.78, 5) is 12.4. The third kappa shape index (κ3) is 3.57. The molecule has 2 aromatic rings. The maximum Gasteiger partial charge on any atom is 0.311 e. The molecule has 9 heteroatoms. The Balaban J connectivity index is 1.81. The van der Waals surface area contributed by atoms with E-state index in [1.54, 1.807) is 24.3 Å². The Morgan fingerprint density at radius 3 is 2.00 bits per heavy atom. The number of anilines is 2. The predicted octanol–water partition coefficient (Wildman–Crippen LogP) is 5.83. The first kappa shape index (κ1) is 20.8. The Kier molecular flexibility index (Phi) is 5.08. The van der Waals surface area contributed by atoms with Crippen molar-refractivity contribution in [3.63, 3.8) is 0 Å². The second-order valence-electron chi connectivity index (χ2n) is 7.89. The molecule has 0 bridgehead atoms. The van der Waals surface area contributed by atoms with Crippen LogP contribution in [0.5, 0.6) is 0 Å². The monoisotopic (exact) mass is 442 g/mol. The van der Waals surface area contributed by atoms with Crippen molar-refractivity contribution in [2.24, 2.45) is 11.8 Å². The number of benzene rings is 2. The van der Waals surface area contributed by atoms with Gasteiger partial charge in [0.1, 0.15) is 11.6 Å². The van der Waals surface area contributed by atoms with Crippen LogP contribution in [0.3, 0.4) is 0 Å². The van der Waals surface area contributed by atoms with Crippen molar-refractivity contribution in [2.75, 3.05) is 10.6 Å². The minimum absolute atomic E-state index is 0.0156. The summed E-state index contributed by atoms with van der Waals surface area (Å²) in [6, 6.07) is 8.25. The first-order valence-electron chi connectivity index (χ1n) is 9.53. The van der Waals surface area contributed by atoms with E-state index < -0.39 is 53.9 Å². The molecule has 30 heavy (non-hydrogen) atoms. The molecule has 1 saturated carbocycles. The van der Waals surface area contributed by atoms with Crippen LogP contribution >= 0.6 is 11.6 Å². The van der Waals surface area contributed by atoms with Gasteiger partial charge in [0.15, 0.2) is 11.6 Å². The van der Waals surface area contributed by atoms with E-state index in [4.69, 9.17) is 11.6 Å². The number of hydrogen-bond acceptors (Lipinski definition) is 3. The van der Waals surface area contributed by atoms with E-state index >= 15 is 0 Å². The van der Waals surface area contributed by atoms with Gasteiger partial charge in [0.2, 0.25) is 5.92 Å². The number of carbonyl (C=O) groups is 1. The standard InChI is InChI=1S/C21H19ClF4N2O2/c22-13-3-1-12(2-4-13)21(27-16-9-14(23)15(24)10-17(16)28-21)18(19(29)30)11-5-7-20(25,26)8-6-11/h1-4,9-11,18,27-28H,5-8H2,(H,29,30). The fraction of sp³-hybridized carbons (Fsp3) is 0.381. The van der Waals surface area contributed by atoms with Crippen LogP contribution in [0.15, 0.2) is 36.4 Å². The highest BCUT2D eigenvalue weighted by molar-refractivity contribution is 6.30. The van der Waals surface area contributed by atoms with Gasteiger partial charge in [-0.05, 0) is 36.5 Å². The number of hydrogen-bond donors (Lipinski definition) is 3. The van der Waals surface area contributed by atoms with Gasteiger partial charge in [-0.15, -0.1) is 0 Å². The molecule has 1 aliphatic heterocycles. The van der Waals surface area contributed by atoms with E-state index in [9.17, 15) is 27.5 Å². The van der Waals surface area contributed by atoms with Crippen molar-refractivity contribution in [1.82, 2.24) is 0 Å². The number of fused-ring (bicyclic) bond motifs is 1. The van der Waals surface area contributed by atoms with Gasteiger partial charge in [-0.1, -0.05) is 23.7 Å². The van der Waals surface area contributed by atoms with Crippen LogP contribution in [0, 0.1) is 23.5 Å². The molecule has 0 amide bonds. The Hall–Kier alpha value is -2.48. The second kappa shape index (κ2) is 7.34. The SMILES string of the molecule is O=C(O)C(C1CCC(F)(F)CC1)C1(c2ccc(Cl)cc2)Nc2cc(F)c(F)cc2N1. The van der Waals surface area contributed by atoms with Gasteiger partial charge >= 0.3 is 5.97 Å². The van der Waals surface area contributed by atoms with Gasteiger partial charge in [-0.25, -0.2) is 17.6 Å². The van der Waals surface area contributed by atoms with Crippen LogP contribution in [0.25, 0.3) is 0 Å². The molecule has 2 aliphatic rings. The summed E-state index contributed by atoms with van der Waals surface area (Å²) < 4.78 is 55.1. The summed E-state index contributed by atoms with van der Waals surface area (Å²) in [6.45, 7) is 0. The van der Waals surface area contributed by atoms with Crippen LogP contribution in [-0.4, -0.2) is 17.0 Å². The lowest BCUT2D eigenvalue weighted by Gasteiger charge is -2.42. The Morgan fingerprint density at radius 2 is 1.53 bits per heavy atom. The molecule has 1 aliphatic carbocycles. The highest BCUT2D eigenvalue weighted by atomic mass is 35.5. The molecule has 0 radical (unpaired) electrons. The smallest absolute Gasteiger partial charge is 0.311 e. The molecule has 0 saturated heterocycles. The molecular weight excluding hydrogens is 424 g/mol. The quantitative estimate of drug-likeness (QED) is 0.521. The predicted molar refractivity (Wildman–Crippen MR) is 105 cm³/mol. The number of carboxylic acid groups (broad SMARTS) is 1. The topological polar surface area (TPSA) is 61.4 Å². The summed E-state index contributed by atoms with van der Waals surface area (Å²) in [6.07, 6.45) is -0.786. The van der Waals surface area contributed by atoms with E-state index in [1.165, 1.54) is 0 Å². The minimum atomic E-state index is -2.82. The molecule has 0 spiro atoms. The molecule has 1 atom stereocenters. The van der Waals surface area contributed by atoms with Crippen molar-refractivity contribution in [1.29, 1.82) is 0 Å². The van der Waals surface area contributed by atoms with Crippen LogP contribution in [-0.2, 0) is 10.5 Å². The number of aliphatic carboxylic acids is 1. The van der Waals surface area contributed by atoms with Crippen LogP contribution in [0.2, 0.25) is 5.02 Å². The third-order valence-corrected chi connectivity index (χ3v) is 6.24. The van der Waals surface area contributed by atoms with E-state index in [1.807, 2.05) is 0 Å². The average molecular weight is 443 g/mol. The van der Waals surface area contributed by atoms with Gasteiger partial charge in [-0.3, -0.25) is 4.79 Å². The summed E-state index contributed by atoms with van der Waals surface area (Å²) >= 11 is 5.98. The summed E-state index contributed by atoms with van der Waals surface area (Å²) in [7, 11) is 0. The van der Waals surface area contributed by atoms with Crippen molar-refractivity contribution >= 4 is 28.9 Å². The van der Waals surface area contributed by atoms with E-state index in [-0.39, 0.29) is 24.2 Å². The number of halogens is 5. The zero-order valence-electron chi connectivity index (χ0n) is 15.7. The normalized spacial score (nSPS) is 20.7. The van der Waals surface area contributed by atoms with Crippen molar-refractivity contribution in [3.05, 3.63) is 58.6 Å². The number of alkyl halides is 2. The molecule has 0 aromatic heterocycles. The molecule has 4 nitrogen and oxygen atoms in total. The van der Waals surface area contributed by atoms with Crippen molar-refractivity contribution in [2.45, 2.75) is 37.3 Å². The molecule has 160 valence electrons. The molecule has 1 heterocycles. The Labute approximate surface area is 175 Å². The van der Waals surface area contributed by atoms with Gasteiger partial charge in [0.05, 0.1) is 11.4 Å². The molecule has 1 unspecified atom stereocenters. The largest absolute Gasteiger partial charge is 0.481 e. The fourth-order valence-corrected chi connectivity index (χ4v) is 4.66. The number of rotatable bonds is 4. The van der Waals surface area contributed by atoms with Gasteiger partial charge in [0.25, 0.3) is 0 Å². The van der Waals surface area contributed by atoms with Crippen molar-refractivity contribution < 1.29 is 27.5 Å². The summed E-state index contributed by atoms with van der Waals surface area (Å²) in [5.74, 6) is -7.96. The molecular formula is C21H19ClF4N2O2. The lowest BCUT2D eigenvalue weighted by atomic mass is 9.71. The first-order chi connectivity index (χ1) is 14.1. The van der Waals surface area contributed by atoms with Crippen LogP contribution in [0.4, 0.5) is 28.9 Å². The summed E-state index contributed by atoms with van der Waals surface area (Å²) in [5.41, 5.74) is -0.642. The zero-order valence-corrected chi connectivity index (χ0v) is 16.4. The maximum absolute atomic E-state index is 13.8. The van der Waals surface area contributed by atoms with E-state index in [0.717, 1.165) is 12.1 Å². The van der Waals surface area contributed by atoms with Crippen LogP contribution in [0.1, 0.15) is 31.2 Å². The van der Waals surface area contributed by atoms with E-state index in [2.05, 4.69) is 10.6 Å². The lowest BCUT2D eigenvalue weighted by molar-refractivity contribution is -0.148. The average Bonchev–Trinajstić information content (AvgIpc) is 3.02. The van der Waals surface area contributed by atoms with Gasteiger partial charge < -0.3 is 15.7 Å². The maximum atomic E-state index is 13.8. The highest BCUT2D eigenvalue weighted by Gasteiger charge is 2.54. The van der Waals surface area contributed by atoms with Gasteiger partial charge in [-0.2, -0.15) is 0 Å². The Bertz CT molecular complexity index is 943. The second-order valence-corrected chi connectivity index (χ2v) is 8.32. The highest BCUT2D eigenvalue weighted by Crippen LogP contribution is 2.50. The minimum Gasteiger partial charge on any atom is -0.481 e. The lowest BCUT2D eigenvalue weighted by Crippen LogP contribution is -2.53. The Morgan fingerprint density at radius 1 is 1.03 bits per heavy atom.